The van der Waals surface area contributed by atoms with E-state index in [1.54, 1.807) is 6.26 Å². The van der Waals surface area contributed by atoms with Crippen LogP contribution in [0.2, 0.25) is 5.02 Å². The molecule has 0 bridgehead atoms. The second-order valence-corrected chi connectivity index (χ2v) is 7.52. The van der Waals surface area contributed by atoms with E-state index < -0.39 is 0 Å². The molecule has 1 aromatic heterocycles. The molecule has 1 atom stereocenters. The highest BCUT2D eigenvalue weighted by molar-refractivity contribution is 6.30. The predicted molar refractivity (Wildman–Crippen MR) is 110 cm³/mol. The van der Waals surface area contributed by atoms with E-state index in [1.165, 1.54) is 0 Å². The summed E-state index contributed by atoms with van der Waals surface area (Å²) in [5.74, 6) is 1.95. The molecular weight excluding hydrogens is 374 g/mol. The number of carbonyl (C=O) groups is 1. The highest BCUT2D eigenvalue weighted by Crippen LogP contribution is 2.24. The number of likely N-dealkylation sites (tertiary alicyclic amines) is 1. The van der Waals surface area contributed by atoms with Crippen LogP contribution in [0.3, 0.4) is 0 Å². The third-order valence-electron chi connectivity index (χ3n) is 5.02. The van der Waals surface area contributed by atoms with Crippen LogP contribution in [-0.2, 0) is 0 Å². The van der Waals surface area contributed by atoms with Gasteiger partial charge in [0, 0.05) is 35.2 Å². The lowest BCUT2D eigenvalue weighted by Crippen LogP contribution is -2.41. The summed E-state index contributed by atoms with van der Waals surface area (Å²) in [6, 6.07) is 18.7. The highest BCUT2D eigenvalue weighted by Gasteiger charge is 2.25. The second-order valence-electron chi connectivity index (χ2n) is 7.08. The summed E-state index contributed by atoms with van der Waals surface area (Å²) in [6.07, 6.45) is 3.68. The summed E-state index contributed by atoms with van der Waals surface area (Å²) in [4.78, 5) is 14.9. The topological polar surface area (TPSA) is 42.7 Å². The first kappa shape index (κ1) is 18.6. The molecule has 4 nitrogen and oxygen atoms in total. The van der Waals surface area contributed by atoms with E-state index in [-0.39, 0.29) is 5.91 Å². The molecule has 2 aromatic carbocycles. The Morgan fingerprint density at radius 1 is 1.14 bits per heavy atom. The fraction of sp³-hybridized carbons (Fsp3) is 0.261. The smallest absolute Gasteiger partial charge is 0.253 e. The van der Waals surface area contributed by atoms with E-state index in [0.717, 1.165) is 36.5 Å². The number of halogens is 1. The molecule has 1 unspecified atom stereocenters. The van der Waals surface area contributed by atoms with Crippen molar-refractivity contribution in [3.63, 3.8) is 0 Å². The average molecular weight is 396 g/mol. The van der Waals surface area contributed by atoms with E-state index >= 15 is 0 Å². The summed E-state index contributed by atoms with van der Waals surface area (Å²) in [5, 5.41) is 0.693. The van der Waals surface area contributed by atoms with Gasteiger partial charge in [0.25, 0.3) is 5.91 Å². The fourth-order valence-corrected chi connectivity index (χ4v) is 3.69. The van der Waals surface area contributed by atoms with Crippen LogP contribution in [-0.4, -0.2) is 30.5 Å². The van der Waals surface area contributed by atoms with E-state index in [4.69, 9.17) is 20.8 Å². The van der Waals surface area contributed by atoms with Crippen LogP contribution in [0.4, 0.5) is 0 Å². The molecule has 0 N–H and O–H groups in total. The third-order valence-corrected chi connectivity index (χ3v) is 5.27. The molecule has 28 heavy (non-hydrogen) atoms. The molecule has 1 saturated heterocycles. The van der Waals surface area contributed by atoms with Gasteiger partial charge in [0.1, 0.15) is 11.5 Å². The molecule has 0 spiro atoms. The van der Waals surface area contributed by atoms with Crippen LogP contribution in [0, 0.1) is 5.92 Å². The third kappa shape index (κ3) is 4.39. The zero-order chi connectivity index (χ0) is 19.3. The Morgan fingerprint density at radius 3 is 2.79 bits per heavy atom. The van der Waals surface area contributed by atoms with Crippen molar-refractivity contribution in [2.24, 2.45) is 5.92 Å². The molecule has 4 rings (SSSR count). The van der Waals surface area contributed by atoms with Crippen LogP contribution < -0.4 is 4.74 Å². The molecule has 1 aliphatic rings. The molecule has 5 heteroatoms. The number of nitrogens with zero attached hydrogens (tertiary/aromatic N) is 1. The Labute approximate surface area is 169 Å². The molecular formula is C23H22ClNO3. The quantitative estimate of drug-likeness (QED) is 0.570. The van der Waals surface area contributed by atoms with Gasteiger partial charge in [-0.05, 0) is 61.4 Å². The van der Waals surface area contributed by atoms with Gasteiger partial charge >= 0.3 is 0 Å². The van der Waals surface area contributed by atoms with Gasteiger partial charge in [-0.15, -0.1) is 0 Å². The molecule has 0 aliphatic carbocycles. The zero-order valence-corrected chi connectivity index (χ0v) is 16.3. The molecule has 1 fully saturated rings. The summed E-state index contributed by atoms with van der Waals surface area (Å²) in [6.45, 7) is 2.08. The van der Waals surface area contributed by atoms with Gasteiger partial charge in [-0.3, -0.25) is 4.79 Å². The van der Waals surface area contributed by atoms with Gasteiger partial charge in [-0.25, -0.2) is 0 Å². The molecule has 1 amide bonds. The standard InChI is InChI=1S/C23H22ClNO3/c24-20-8-10-21(11-9-20)28-16-17-4-2-12-25(15-17)23(26)19-6-1-5-18(14-19)22-7-3-13-27-22/h1,3,5-11,13-14,17H,2,4,12,15-16H2. The van der Waals surface area contributed by atoms with Gasteiger partial charge in [-0.2, -0.15) is 0 Å². The Kier molecular flexibility index (Phi) is 5.68. The maximum absolute atomic E-state index is 13.0. The van der Waals surface area contributed by atoms with E-state index in [2.05, 4.69) is 0 Å². The van der Waals surface area contributed by atoms with Crippen molar-refractivity contribution in [1.82, 2.24) is 4.90 Å². The van der Waals surface area contributed by atoms with Crippen LogP contribution in [0.5, 0.6) is 5.75 Å². The average Bonchev–Trinajstić information content (AvgIpc) is 3.28. The van der Waals surface area contributed by atoms with E-state index in [1.807, 2.05) is 65.6 Å². The lowest BCUT2D eigenvalue weighted by Gasteiger charge is -2.32. The molecule has 3 aromatic rings. The number of hydrogen-bond acceptors (Lipinski definition) is 3. The number of ether oxygens (including phenoxy) is 1. The van der Waals surface area contributed by atoms with E-state index in [0.29, 0.717) is 29.7 Å². The summed E-state index contributed by atoms with van der Waals surface area (Å²) < 4.78 is 11.3. The van der Waals surface area contributed by atoms with Gasteiger partial charge < -0.3 is 14.1 Å². The molecule has 0 radical (unpaired) electrons. The molecule has 2 heterocycles. The van der Waals surface area contributed by atoms with Crippen LogP contribution in [0.15, 0.2) is 71.3 Å². The van der Waals surface area contributed by atoms with Crippen molar-refractivity contribution < 1.29 is 13.9 Å². The molecule has 144 valence electrons. The van der Waals surface area contributed by atoms with Crippen molar-refractivity contribution in [3.05, 3.63) is 77.5 Å². The Hall–Kier alpha value is -2.72. The maximum atomic E-state index is 13.0. The van der Waals surface area contributed by atoms with E-state index in [9.17, 15) is 4.79 Å². The van der Waals surface area contributed by atoms with Crippen LogP contribution in [0.25, 0.3) is 11.3 Å². The summed E-state index contributed by atoms with van der Waals surface area (Å²) in [7, 11) is 0. The number of piperidine rings is 1. The number of rotatable bonds is 5. The summed E-state index contributed by atoms with van der Waals surface area (Å²) in [5.41, 5.74) is 1.60. The minimum absolute atomic E-state index is 0.0598. The lowest BCUT2D eigenvalue weighted by molar-refractivity contribution is 0.0633. The predicted octanol–water partition coefficient (Wildman–Crippen LogP) is 5.53. The number of carbonyl (C=O) groups excluding carboxylic acids is 1. The van der Waals surface area contributed by atoms with Crippen LogP contribution in [0.1, 0.15) is 23.2 Å². The SMILES string of the molecule is O=C(c1cccc(-c2ccco2)c1)N1CCCC(COc2ccc(Cl)cc2)C1. The largest absolute Gasteiger partial charge is 0.493 e. The monoisotopic (exact) mass is 395 g/mol. The number of benzene rings is 2. The first-order valence-electron chi connectivity index (χ1n) is 9.50. The van der Waals surface area contributed by atoms with Crippen molar-refractivity contribution >= 4 is 17.5 Å². The Morgan fingerprint density at radius 2 is 2.00 bits per heavy atom. The second kappa shape index (κ2) is 8.53. The lowest BCUT2D eigenvalue weighted by atomic mass is 9.98. The zero-order valence-electron chi connectivity index (χ0n) is 15.5. The van der Waals surface area contributed by atoms with Gasteiger partial charge in [0.05, 0.1) is 12.9 Å². The molecule has 0 saturated carbocycles. The normalized spacial score (nSPS) is 16.8. The first-order valence-corrected chi connectivity index (χ1v) is 9.88. The molecule has 1 aliphatic heterocycles. The van der Waals surface area contributed by atoms with Crippen molar-refractivity contribution in [3.8, 4) is 17.1 Å². The Balaban J connectivity index is 1.39. The van der Waals surface area contributed by atoms with Gasteiger partial charge in [0.15, 0.2) is 0 Å². The van der Waals surface area contributed by atoms with Gasteiger partial charge in [-0.1, -0.05) is 23.7 Å². The maximum Gasteiger partial charge on any atom is 0.253 e. The highest BCUT2D eigenvalue weighted by atomic mass is 35.5. The minimum atomic E-state index is 0.0598. The summed E-state index contributed by atoms with van der Waals surface area (Å²) >= 11 is 5.91. The first-order chi connectivity index (χ1) is 13.7. The Bertz CT molecular complexity index is 921. The van der Waals surface area contributed by atoms with Crippen LogP contribution >= 0.6 is 11.6 Å². The number of amides is 1. The van der Waals surface area contributed by atoms with Crippen molar-refractivity contribution in [1.29, 1.82) is 0 Å². The van der Waals surface area contributed by atoms with Crippen molar-refractivity contribution in [2.75, 3.05) is 19.7 Å². The van der Waals surface area contributed by atoms with Crippen molar-refractivity contribution in [2.45, 2.75) is 12.8 Å². The minimum Gasteiger partial charge on any atom is -0.493 e. The fourth-order valence-electron chi connectivity index (χ4n) is 3.56. The number of hydrogen-bond donors (Lipinski definition) is 0. The number of furan rings is 1. The van der Waals surface area contributed by atoms with Gasteiger partial charge in [0.2, 0.25) is 0 Å².